The third kappa shape index (κ3) is 5.28. The van der Waals surface area contributed by atoms with Crippen molar-refractivity contribution in [3.8, 4) is 5.75 Å². The molecule has 1 aromatic carbocycles. The lowest BCUT2D eigenvalue weighted by molar-refractivity contribution is -0.466. The molecule has 5 nitrogen and oxygen atoms in total. The zero-order valence-electron chi connectivity index (χ0n) is 13.0. The fourth-order valence-electron chi connectivity index (χ4n) is 2.24. The topological polar surface area (TPSA) is 43.0 Å². The minimum Gasteiger partial charge on any atom is -0.312 e. The van der Waals surface area contributed by atoms with Crippen molar-refractivity contribution in [1.82, 2.24) is 10.2 Å². The van der Waals surface area contributed by atoms with Gasteiger partial charge in [0.2, 0.25) is 0 Å². The molecule has 1 atom stereocenters. The molecule has 1 aliphatic heterocycles. The molecule has 5 heteroatoms. The molecule has 0 radical (unpaired) electrons. The maximum absolute atomic E-state index is 5.08. The van der Waals surface area contributed by atoms with Crippen molar-refractivity contribution >= 4 is 0 Å². The van der Waals surface area contributed by atoms with Crippen LogP contribution in [0.4, 0.5) is 0 Å². The van der Waals surface area contributed by atoms with E-state index >= 15 is 0 Å². The van der Waals surface area contributed by atoms with Crippen LogP contribution in [-0.4, -0.2) is 38.2 Å². The Hall–Kier alpha value is -1.14. The third-order valence-corrected chi connectivity index (χ3v) is 3.78. The van der Waals surface area contributed by atoms with Crippen molar-refractivity contribution in [3.05, 3.63) is 29.8 Å². The zero-order chi connectivity index (χ0) is 14.9. The number of nitrogens with one attached hydrogen (secondary N) is 1. The van der Waals surface area contributed by atoms with Crippen LogP contribution in [0.15, 0.2) is 24.3 Å². The summed E-state index contributed by atoms with van der Waals surface area (Å²) in [7, 11) is 2.00. The molecule has 0 saturated carbocycles. The molecule has 0 spiro atoms. The second-order valence-corrected chi connectivity index (χ2v) is 5.39. The first kappa shape index (κ1) is 16.2. The Balaban J connectivity index is 1.76. The van der Waals surface area contributed by atoms with Crippen molar-refractivity contribution < 1.29 is 14.8 Å². The van der Waals surface area contributed by atoms with E-state index in [-0.39, 0.29) is 0 Å². The third-order valence-electron chi connectivity index (χ3n) is 3.78. The number of rotatable bonds is 10. The number of hydrogen-bond acceptors (Lipinski definition) is 5. The highest BCUT2D eigenvalue weighted by atomic mass is 17.5. The normalized spacial score (nSPS) is 16.5. The van der Waals surface area contributed by atoms with Gasteiger partial charge in [-0.05, 0) is 55.7 Å². The highest BCUT2D eigenvalue weighted by molar-refractivity contribution is 5.29. The molecule has 1 unspecified atom stereocenters. The average molecular weight is 294 g/mol. The number of likely N-dealkylation sites (N-methyl/N-ethyl adjacent to an activating group) is 1. The Morgan fingerprint density at radius 1 is 1.24 bits per heavy atom. The minimum atomic E-state index is 0.348. The molecule has 118 valence electrons. The molecule has 1 fully saturated rings. The van der Waals surface area contributed by atoms with Gasteiger partial charge in [-0.3, -0.25) is 0 Å². The lowest BCUT2D eigenvalue weighted by Gasteiger charge is -2.34. The molecule has 0 aliphatic carbocycles. The van der Waals surface area contributed by atoms with Crippen molar-refractivity contribution in [1.29, 1.82) is 0 Å². The van der Waals surface area contributed by atoms with Gasteiger partial charge in [0, 0.05) is 12.6 Å². The van der Waals surface area contributed by atoms with E-state index < -0.39 is 0 Å². The molecule has 21 heavy (non-hydrogen) atoms. The molecule has 0 aromatic heterocycles. The summed E-state index contributed by atoms with van der Waals surface area (Å²) in [4.78, 5) is 12.4. The number of hydrogen-bond donors (Lipinski definition) is 1. The zero-order valence-corrected chi connectivity index (χ0v) is 13.0. The second kappa shape index (κ2) is 9.00. The highest BCUT2D eigenvalue weighted by Gasteiger charge is 2.19. The van der Waals surface area contributed by atoms with Crippen LogP contribution in [0.2, 0.25) is 0 Å². The summed E-state index contributed by atoms with van der Waals surface area (Å²) in [6, 6.07) is 8.27. The molecule has 0 amide bonds. The van der Waals surface area contributed by atoms with Gasteiger partial charge in [0.1, 0.15) is 0 Å². The largest absolute Gasteiger partial charge is 0.312 e. The molecule has 0 bridgehead atoms. The van der Waals surface area contributed by atoms with E-state index in [4.69, 9.17) is 14.8 Å². The number of benzene rings is 1. The Bertz CT molecular complexity index is 393. The summed E-state index contributed by atoms with van der Waals surface area (Å²) >= 11 is 0. The Labute approximate surface area is 127 Å². The summed E-state index contributed by atoms with van der Waals surface area (Å²) in [6.07, 6.45) is 3.35. The van der Waals surface area contributed by atoms with Gasteiger partial charge in [0.15, 0.2) is 5.75 Å². The molecule has 1 N–H and O–H groups in total. The molecule has 1 aliphatic rings. The van der Waals surface area contributed by atoms with Gasteiger partial charge in [-0.1, -0.05) is 25.5 Å². The first-order valence-corrected chi connectivity index (χ1v) is 7.79. The summed E-state index contributed by atoms with van der Waals surface area (Å²) < 4.78 is 0. The second-order valence-electron chi connectivity index (χ2n) is 5.39. The standard InChI is InChI=1S/C16H26N2O3/c1-3-4-12-19-21-20-15-8-6-14(7-9-15)16(17-2)13-18-10-5-11-18/h6-9,16-17H,3-5,10-13H2,1-2H3. The quantitative estimate of drug-likeness (QED) is 0.408. The van der Waals surface area contributed by atoms with Gasteiger partial charge in [-0.15, -0.1) is 0 Å². The van der Waals surface area contributed by atoms with E-state index in [1.165, 1.54) is 25.1 Å². The number of likely N-dealkylation sites (tertiary alicyclic amines) is 1. The van der Waals surface area contributed by atoms with Gasteiger partial charge < -0.3 is 15.1 Å². The van der Waals surface area contributed by atoms with Crippen molar-refractivity contribution in [2.24, 2.45) is 0 Å². The Morgan fingerprint density at radius 2 is 2.00 bits per heavy atom. The van der Waals surface area contributed by atoms with Crippen LogP contribution >= 0.6 is 0 Å². The summed E-state index contributed by atoms with van der Waals surface area (Å²) in [6.45, 7) is 6.12. The predicted octanol–water partition coefficient (Wildman–Crippen LogP) is 2.69. The molecular weight excluding hydrogens is 268 g/mol. The maximum atomic E-state index is 5.08. The highest BCUT2D eigenvalue weighted by Crippen LogP contribution is 2.20. The monoisotopic (exact) mass is 294 g/mol. The van der Waals surface area contributed by atoms with Crippen LogP contribution in [0, 0.1) is 0 Å². The molecular formula is C16H26N2O3. The van der Waals surface area contributed by atoms with E-state index in [0.717, 1.165) is 19.4 Å². The van der Waals surface area contributed by atoms with Crippen LogP contribution in [0.1, 0.15) is 37.8 Å². The Kier molecular flexibility index (Phi) is 6.95. The predicted molar refractivity (Wildman–Crippen MR) is 81.9 cm³/mol. The van der Waals surface area contributed by atoms with E-state index in [0.29, 0.717) is 18.4 Å². The lowest BCUT2D eigenvalue weighted by Crippen LogP contribution is -2.42. The fourth-order valence-corrected chi connectivity index (χ4v) is 2.24. The van der Waals surface area contributed by atoms with Crippen LogP contribution in [0.5, 0.6) is 5.75 Å². The first-order chi connectivity index (χ1) is 10.3. The van der Waals surface area contributed by atoms with Crippen LogP contribution in [0.3, 0.4) is 0 Å². The van der Waals surface area contributed by atoms with E-state index in [1.54, 1.807) is 0 Å². The molecule has 2 rings (SSSR count). The maximum Gasteiger partial charge on any atom is 0.168 e. The van der Waals surface area contributed by atoms with Crippen molar-refractivity contribution in [2.45, 2.75) is 32.2 Å². The average Bonchev–Trinajstić information content (AvgIpc) is 2.47. The van der Waals surface area contributed by atoms with E-state index in [2.05, 4.69) is 29.3 Å². The SMILES string of the molecule is CCCCOOOc1ccc(C(CN2CCC2)NC)cc1. The Morgan fingerprint density at radius 3 is 2.57 bits per heavy atom. The van der Waals surface area contributed by atoms with E-state index in [9.17, 15) is 0 Å². The summed E-state index contributed by atoms with van der Waals surface area (Å²) in [5.74, 6) is 0.647. The molecule has 1 aromatic rings. The van der Waals surface area contributed by atoms with Gasteiger partial charge >= 0.3 is 0 Å². The van der Waals surface area contributed by atoms with Gasteiger partial charge in [0.25, 0.3) is 0 Å². The minimum absolute atomic E-state index is 0.348. The molecule has 1 heterocycles. The lowest BCUT2D eigenvalue weighted by atomic mass is 10.0. The smallest absolute Gasteiger partial charge is 0.168 e. The molecule has 1 saturated heterocycles. The van der Waals surface area contributed by atoms with E-state index in [1.807, 2.05) is 19.2 Å². The van der Waals surface area contributed by atoms with Gasteiger partial charge in [0.05, 0.1) is 6.61 Å². The van der Waals surface area contributed by atoms with Crippen LogP contribution in [-0.2, 0) is 9.93 Å². The van der Waals surface area contributed by atoms with Crippen LogP contribution in [0.25, 0.3) is 0 Å². The van der Waals surface area contributed by atoms with Crippen molar-refractivity contribution in [2.75, 3.05) is 33.3 Å². The number of unbranched alkanes of at least 4 members (excludes halogenated alkanes) is 1. The van der Waals surface area contributed by atoms with Crippen molar-refractivity contribution in [3.63, 3.8) is 0 Å². The summed E-state index contributed by atoms with van der Waals surface area (Å²) in [5, 5.41) is 8.08. The van der Waals surface area contributed by atoms with Gasteiger partial charge in [-0.2, -0.15) is 4.89 Å². The fraction of sp³-hybridized carbons (Fsp3) is 0.625. The summed E-state index contributed by atoms with van der Waals surface area (Å²) in [5.41, 5.74) is 1.25. The number of nitrogens with zero attached hydrogens (tertiary/aromatic N) is 1. The first-order valence-electron chi connectivity index (χ1n) is 7.79. The van der Waals surface area contributed by atoms with Gasteiger partial charge in [-0.25, -0.2) is 0 Å². The van der Waals surface area contributed by atoms with Crippen LogP contribution < -0.4 is 10.2 Å².